The standard InChI is InChI=1S/C20H30N4O3/c1-16(25)17-4-5-18(21-14-17)24-11-10-22(2)20(15-24)7-6-19(26)23(9-8-20)12-13-27-3/h4-5,14H,6-13,15H2,1-3H3/t20-/m0/s1. The molecule has 2 aliphatic rings. The highest BCUT2D eigenvalue weighted by Crippen LogP contribution is 2.33. The van der Waals surface area contributed by atoms with Crippen LogP contribution in [0.4, 0.5) is 5.82 Å². The van der Waals surface area contributed by atoms with Gasteiger partial charge >= 0.3 is 0 Å². The van der Waals surface area contributed by atoms with Crippen LogP contribution in [0, 0.1) is 0 Å². The van der Waals surface area contributed by atoms with Gasteiger partial charge in [-0.2, -0.15) is 0 Å². The first-order chi connectivity index (χ1) is 12.9. The Kier molecular flexibility index (Phi) is 6.11. The number of methoxy groups -OCH3 is 1. The highest BCUT2D eigenvalue weighted by molar-refractivity contribution is 5.93. The van der Waals surface area contributed by atoms with Gasteiger partial charge < -0.3 is 14.5 Å². The molecule has 7 heteroatoms. The lowest BCUT2D eigenvalue weighted by Crippen LogP contribution is -2.61. The number of aromatic nitrogens is 1. The molecule has 0 unspecified atom stereocenters. The summed E-state index contributed by atoms with van der Waals surface area (Å²) in [6.07, 6.45) is 4.03. The van der Waals surface area contributed by atoms with Crippen LogP contribution in [0.3, 0.4) is 0 Å². The molecule has 0 saturated carbocycles. The Morgan fingerprint density at radius 1 is 1.26 bits per heavy atom. The highest BCUT2D eigenvalue weighted by atomic mass is 16.5. The van der Waals surface area contributed by atoms with Gasteiger partial charge in [-0.15, -0.1) is 0 Å². The summed E-state index contributed by atoms with van der Waals surface area (Å²) in [5, 5.41) is 0. The van der Waals surface area contributed by atoms with Gasteiger partial charge in [0.25, 0.3) is 0 Å². The summed E-state index contributed by atoms with van der Waals surface area (Å²) < 4.78 is 5.15. The first-order valence-electron chi connectivity index (χ1n) is 9.65. The molecule has 7 nitrogen and oxygen atoms in total. The number of Topliss-reactive ketones (excluding diaryl/α,β-unsaturated/α-hetero) is 1. The molecule has 1 aromatic heterocycles. The fourth-order valence-corrected chi connectivity index (χ4v) is 4.11. The molecule has 1 aromatic rings. The summed E-state index contributed by atoms with van der Waals surface area (Å²) in [5.74, 6) is 1.15. The number of likely N-dealkylation sites (N-methyl/N-ethyl adjacent to an activating group) is 1. The maximum atomic E-state index is 12.5. The van der Waals surface area contributed by atoms with Crippen LogP contribution in [0.1, 0.15) is 36.5 Å². The van der Waals surface area contributed by atoms with Crippen LogP contribution in [-0.4, -0.2) is 85.5 Å². The van der Waals surface area contributed by atoms with Crippen molar-refractivity contribution in [1.29, 1.82) is 0 Å². The van der Waals surface area contributed by atoms with Gasteiger partial charge in [0.15, 0.2) is 5.78 Å². The fourth-order valence-electron chi connectivity index (χ4n) is 4.11. The number of anilines is 1. The van der Waals surface area contributed by atoms with E-state index in [1.54, 1.807) is 20.2 Å². The van der Waals surface area contributed by atoms with Gasteiger partial charge in [0, 0.05) is 63.6 Å². The van der Waals surface area contributed by atoms with Crippen LogP contribution in [0.25, 0.3) is 0 Å². The molecule has 27 heavy (non-hydrogen) atoms. The van der Waals surface area contributed by atoms with Gasteiger partial charge in [0.1, 0.15) is 5.82 Å². The predicted molar refractivity (Wildman–Crippen MR) is 104 cm³/mol. The highest BCUT2D eigenvalue weighted by Gasteiger charge is 2.42. The van der Waals surface area contributed by atoms with Gasteiger partial charge in [-0.1, -0.05) is 0 Å². The minimum absolute atomic E-state index is 0.0299. The van der Waals surface area contributed by atoms with E-state index in [9.17, 15) is 9.59 Å². The molecule has 148 valence electrons. The van der Waals surface area contributed by atoms with Crippen LogP contribution >= 0.6 is 0 Å². The van der Waals surface area contributed by atoms with E-state index in [1.165, 1.54) is 0 Å². The molecular formula is C20H30N4O3. The van der Waals surface area contributed by atoms with Gasteiger partial charge in [-0.25, -0.2) is 4.98 Å². The van der Waals surface area contributed by atoms with Gasteiger partial charge in [-0.3, -0.25) is 14.5 Å². The fraction of sp³-hybridized carbons (Fsp3) is 0.650. The van der Waals surface area contributed by atoms with E-state index < -0.39 is 0 Å². The lowest BCUT2D eigenvalue weighted by Gasteiger charge is -2.49. The van der Waals surface area contributed by atoms with Gasteiger partial charge in [-0.05, 0) is 38.9 Å². The Hall–Kier alpha value is -1.99. The van der Waals surface area contributed by atoms with E-state index in [0.717, 1.165) is 44.8 Å². The molecule has 0 aliphatic carbocycles. The van der Waals surface area contributed by atoms with Crippen molar-refractivity contribution in [1.82, 2.24) is 14.8 Å². The normalized spacial score (nSPS) is 24.3. The Balaban J connectivity index is 1.74. The molecule has 0 N–H and O–H groups in total. The van der Waals surface area contributed by atoms with E-state index in [-0.39, 0.29) is 17.2 Å². The molecular weight excluding hydrogens is 344 g/mol. The number of amides is 1. The number of hydrogen-bond acceptors (Lipinski definition) is 6. The first-order valence-corrected chi connectivity index (χ1v) is 9.65. The maximum absolute atomic E-state index is 12.5. The number of carbonyl (C=O) groups is 2. The molecule has 1 spiro atoms. The maximum Gasteiger partial charge on any atom is 0.222 e. The van der Waals surface area contributed by atoms with Crippen LogP contribution in [0.5, 0.6) is 0 Å². The van der Waals surface area contributed by atoms with Crippen molar-refractivity contribution in [2.45, 2.75) is 31.7 Å². The Morgan fingerprint density at radius 3 is 2.74 bits per heavy atom. The number of pyridine rings is 1. The Morgan fingerprint density at radius 2 is 2.07 bits per heavy atom. The summed E-state index contributed by atoms with van der Waals surface area (Å²) in [6.45, 7) is 6.23. The van der Waals surface area contributed by atoms with Crippen LogP contribution in [-0.2, 0) is 9.53 Å². The van der Waals surface area contributed by atoms with E-state index in [2.05, 4.69) is 21.8 Å². The lowest BCUT2D eigenvalue weighted by atomic mass is 9.86. The van der Waals surface area contributed by atoms with E-state index in [0.29, 0.717) is 25.1 Å². The number of piperazine rings is 1. The third-order valence-electron chi connectivity index (χ3n) is 6.05. The molecule has 1 amide bonds. The second kappa shape index (κ2) is 8.35. The average molecular weight is 374 g/mol. The van der Waals surface area contributed by atoms with Crippen molar-refractivity contribution >= 4 is 17.5 Å². The summed E-state index contributed by atoms with van der Waals surface area (Å²) in [5.41, 5.74) is 0.604. The van der Waals surface area contributed by atoms with Crippen LogP contribution in [0.2, 0.25) is 0 Å². The van der Waals surface area contributed by atoms with E-state index in [4.69, 9.17) is 4.74 Å². The third kappa shape index (κ3) is 4.30. The minimum atomic E-state index is -0.0311. The van der Waals surface area contributed by atoms with E-state index in [1.807, 2.05) is 17.0 Å². The number of hydrogen-bond donors (Lipinski definition) is 0. The average Bonchev–Trinajstić information content (AvgIpc) is 2.83. The van der Waals surface area contributed by atoms with Crippen molar-refractivity contribution in [3.8, 4) is 0 Å². The van der Waals surface area contributed by atoms with Crippen LogP contribution < -0.4 is 4.90 Å². The van der Waals surface area contributed by atoms with Gasteiger partial charge in [0.05, 0.1) is 6.61 Å². The monoisotopic (exact) mass is 374 g/mol. The molecule has 0 radical (unpaired) electrons. The Labute approximate surface area is 161 Å². The molecule has 0 bridgehead atoms. The molecule has 2 fully saturated rings. The number of carbonyl (C=O) groups excluding carboxylic acids is 2. The summed E-state index contributed by atoms with van der Waals surface area (Å²) >= 11 is 0. The zero-order valence-electron chi connectivity index (χ0n) is 16.6. The van der Waals surface area contributed by atoms with Crippen molar-refractivity contribution in [3.63, 3.8) is 0 Å². The second-order valence-corrected chi connectivity index (χ2v) is 7.65. The smallest absolute Gasteiger partial charge is 0.222 e. The quantitative estimate of drug-likeness (QED) is 0.727. The number of likely N-dealkylation sites (tertiary alicyclic amines) is 1. The molecule has 0 aromatic carbocycles. The summed E-state index contributed by atoms with van der Waals surface area (Å²) in [4.78, 5) is 35.1. The van der Waals surface area contributed by atoms with Crippen molar-refractivity contribution in [2.24, 2.45) is 0 Å². The summed E-state index contributed by atoms with van der Waals surface area (Å²) in [6, 6.07) is 3.78. The van der Waals surface area contributed by atoms with Crippen molar-refractivity contribution in [2.75, 3.05) is 58.4 Å². The summed E-state index contributed by atoms with van der Waals surface area (Å²) in [7, 11) is 3.83. The zero-order chi connectivity index (χ0) is 19.4. The molecule has 2 aliphatic heterocycles. The first kappa shape index (κ1) is 19.8. The third-order valence-corrected chi connectivity index (χ3v) is 6.05. The zero-order valence-corrected chi connectivity index (χ0v) is 16.6. The van der Waals surface area contributed by atoms with Gasteiger partial charge in [0.2, 0.25) is 5.91 Å². The molecule has 1 atom stereocenters. The molecule has 3 heterocycles. The predicted octanol–water partition coefficient (Wildman–Crippen LogP) is 1.43. The second-order valence-electron chi connectivity index (χ2n) is 7.65. The number of rotatable bonds is 5. The SMILES string of the molecule is COCCN1CC[C@@]2(CCC1=O)CN(c1ccc(C(C)=O)cn1)CCN2C. The molecule has 3 rings (SSSR count). The minimum Gasteiger partial charge on any atom is -0.383 e. The lowest BCUT2D eigenvalue weighted by molar-refractivity contribution is -0.131. The van der Waals surface area contributed by atoms with Crippen molar-refractivity contribution < 1.29 is 14.3 Å². The van der Waals surface area contributed by atoms with Crippen LogP contribution in [0.15, 0.2) is 18.3 Å². The molecule has 2 saturated heterocycles. The number of nitrogens with zero attached hydrogens (tertiary/aromatic N) is 4. The largest absolute Gasteiger partial charge is 0.383 e. The number of ether oxygens (including phenoxy) is 1. The Bertz CT molecular complexity index is 678. The van der Waals surface area contributed by atoms with Crippen molar-refractivity contribution in [3.05, 3.63) is 23.9 Å². The van der Waals surface area contributed by atoms with E-state index >= 15 is 0 Å². The number of ketones is 1. The topological polar surface area (TPSA) is 66.0 Å².